The van der Waals surface area contributed by atoms with Crippen molar-refractivity contribution in [3.8, 4) is 5.69 Å². The summed E-state index contributed by atoms with van der Waals surface area (Å²) in [5.74, 6) is -1.31. The van der Waals surface area contributed by atoms with E-state index in [0.29, 0.717) is 12.0 Å². The Bertz CT molecular complexity index is 1450. The van der Waals surface area contributed by atoms with Crippen molar-refractivity contribution in [3.05, 3.63) is 122 Å². The Hall–Kier alpha value is -4.40. The fraction of sp³-hybridized carbons (Fsp3) is 0.160. The van der Waals surface area contributed by atoms with E-state index in [9.17, 15) is 18.8 Å². The van der Waals surface area contributed by atoms with Gasteiger partial charge in [0.1, 0.15) is 5.82 Å². The fourth-order valence-electron chi connectivity index (χ4n) is 3.50. The van der Waals surface area contributed by atoms with Crippen LogP contribution in [0.5, 0.6) is 0 Å². The molecule has 0 fully saturated rings. The maximum Gasteiger partial charge on any atom is 0.352 e. The molecule has 0 spiro atoms. The molecule has 9 heteroatoms. The molecule has 0 aliphatic heterocycles. The quantitative estimate of drug-likeness (QED) is 0.457. The number of carbonyl (C=O) groups is 1. The van der Waals surface area contributed by atoms with E-state index in [-0.39, 0.29) is 18.8 Å². The molecule has 1 amide bonds. The zero-order chi connectivity index (χ0) is 24.1. The zero-order valence-corrected chi connectivity index (χ0v) is 18.4. The van der Waals surface area contributed by atoms with Crippen LogP contribution in [0.15, 0.2) is 82.5 Å². The van der Waals surface area contributed by atoms with E-state index in [2.05, 4.69) is 15.4 Å². The van der Waals surface area contributed by atoms with Gasteiger partial charge in [0.2, 0.25) is 5.69 Å². The second-order valence-corrected chi connectivity index (χ2v) is 7.73. The number of rotatable bonds is 7. The average Bonchev–Trinajstić information content (AvgIpc) is 2.82. The molecule has 2 aromatic heterocycles. The van der Waals surface area contributed by atoms with E-state index in [4.69, 9.17) is 0 Å². The van der Waals surface area contributed by atoms with Crippen LogP contribution in [-0.2, 0) is 13.0 Å². The van der Waals surface area contributed by atoms with Crippen LogP contribution in [0.25, 0.3) is 5.69 Å². The summed E-state index contributed by atoms with van der Waals surface area (Å²) in [6, 6.07) is 18.0. The first-order valence-electron chi connectivity index (χ1n) is 10.7. The molecule has 1 N–H and O–H groups in total. The Morgan fingerprint density at radius 2 is 1.85 bits per heavy atom. The largest absolute Gasteiger partial charge is 0.352 e. The lowest BCUT2D eigenvalue weighted by atomic mass is 10.1. The minimum absolute atomic E-state index is 0.0641. The molecule has 4 aromatic rings. The number of carbonyl (C=O) groups excluding carboxylic acids is 1. The van der Waals surface area contributed by atoms with Gasteiger partial charge < -0.3 is 5.32 Å². The van der Waals surface area contributed by atoms with Crippen LogP contribution in [0.1, 0.15) is 27.3 Å². The predicted molar refractivity (Wildman–Crippen MR) is 125 cm³/mol. The van der Waals surface area contributed by atoms with Gasteiger partial charge in [-0.25, -0.2) is 9.18 Å². The SMILES string of the molecule is Cc1cccc(Cn2c(=O)c(C(=O)NCCc3ccccn3)nn(-c3cccc(F)c3)c2=O)c1. The number of halogens is 1. The summed E-state index contributed by atoms with van der Waals surface area (Å²) in [7, 11) is 0. The molecule has 2 heterocycles. The number of hydrogen-bond donors (Lipinski definition) is 1. The van der Waals surface area contributed by atoms with Gasteiger partial charge in [-0.2, -0.15) is 9.78 Å². The van der Waals surface area contributed by atoms with Crippen LogP contribution in [0.2, 0.25) is 0 Å². The summed E-state index contributed by atoms with van der Waals surface area (Å²) in [5, 5.41) is 6.66. The Kier molecular flexibility index (Phi) is 6.72. The van der Waals surface area contributed by atoms with E-state index >= 15 is 0 Å². The number of nitrogens with one attached hydrogen (secondary N) is 1. The highest BCUT2D eigenvalue weighted by molar-refractivity contribution is 5.91. The van der Waals surface area contributed by atoms with Gasteiger partial charge in [-0.05, 0) is 42.8 Å². The molecule has 0 saturated carbocycles. The number of aryl methyl sites for hydroxylation is 1. The van der Waals surface area contributed by atoms with Gasteiger partial charge in [-0.1, -0.05) is 42.0 Å². The molecule has 34 heavy (non-hydrogen) atoms. The molecular weight excluding hydrogens is 437 g/mol. The standard InChI is InChI=1S/C25H22FN5O3/c1-17-6-4-7-18(14-17)16-30-24(33)22(23(32)28-13-11-20-9-2-3-12-27-20)29-31(25(30)34)21-10-5-8-19(26)15-21/h2-10,12,14-15H,11,13,16H2,1H3,(H,28,32). The molecule has 0 aliphatic carbocycles. The maximum absolute atomic E-state index is 13.8. The molecule has 2 aromatic carbocycles. The molecule has 0 saturated heterocycles. The lowest BCUT2D eigenvalue weighted by Crippen LogP contribution is -2.46. The molecule has 0 atom stereocenters. The fourth-order valence-corrected chi connectivity index (χ4v) is 3.50. The van der Waals surface area contributed by atoms with Crippen LogP contribution in [0.3, 0.4) is 0 Å². The molecule has 0 radical (unpaired) electrons. The number of pyridine rings is 1. The summed E-state index contributed by atoms with van der Waals surface area (Å²) in [6.45, 7) is 2.05. The summed E-state index contributed by atoms with van der Waals surface area (Å²) in [6.07, 6.45) is 2.10. The van der Waals surface area contributed by atoms with Gasteiger partial charge in [0.05, 0.1) is 12.2 Å². The smallest absolute Gasteiger partial charge is 0.350 e. The van der Waals surface area contributed by atoms with E-state index in [1.807, 2.05) is 37.3 Å². The first kappa shape index (κ1) is 22.8. The highest BCUT2D eigenvalue weighted by Crippen LogP contribution is 2.08. The van der Waals surface area contributed by atoms with Crippen molar-refractivity contribution in [1.82, 2.24) is 24.6 Å². The molecular formula is C25H22FN5O3. The van der Waals surface area contributed by atoms with Crippen LogP contribution < -0.4 is 16.6 Å². The van der Waals surface area contributed by atoms with E-state index in [1.54, 1.807) is 18.3 Å². The van der Waals surface area contributed by atoms with E-state index in [1.165, 1.54) is 18.2 Å². The Morgan fingerprint density at radius 3 is 2.59 bits per heavy atom. The van der Waals surface area contributed by atoms with Gasteiger partial charge in [0.15, 0.2) is 0 Å². The van der Waals surface area contributed by atoms with Gasteiger partial charge in [0.25, 0.3) is 11.5 Å². The number of nitrogens with zero attached hydrogens (tertiary/aromatic N) is 4. The summed E-state index contributed by atoms with van der Waals surface area (Å²) in [5.41, 5.74) is 0.479. The van der Waals surface area contributed by atoms with Crippen molar-refractivity contribution in [2.45, 2.75) is 19.9 Å². The lowest BCUT2D eigenvalue weighted by Gasteiger charge is -2.13. The Morgan fingerprint density at radius 1 is 1.03 bits per heavy atom. The lowest BCUT2D eigenvalue weighted by molar-refractivity contribution is 0.0944. The summed E-state index contributed by atoms with van der Waals surface area (Å²) < 4.78 is 15.6. The molecule has 0 unspecified atom stereocenters. The second-order valence-electron chi connectivity index (χ2n) is 7.73. The topological polar surface area (TPSA) is 98.9 Å². The monoisotopic (exact) mass is 459 g/mol. The highest BCUT2D eigenvalue weighted by Gasteiger charge is 2.20. The third-order valence-electron chi connectivity index (χ3n) is 5.14. The Balaban J connectivity index is 1.72. The van der Waals surface area contributed by atoms with Crippen molar-refractivity contribution in [2.75, 3.05) is 6.54 Å². The van der Waals surface area contributed by atoms with Crippen LogP contribution in [-0.4, -0.2) is 31.8 Å². The molecule has 172 valence electrons. The minimum Gasteiger partial charge on any atom is -0.350 e. The van der Waals surface area contributed by atoms with E-state index < -0.39 is 28.7 Å². The minimum atomic E-state index is -0.825. The van der Waals surface area contributed by atoms with Crippen LogP contribution in [0.4, 0.5) is 4.39 Å². The average molecular weight is 459 g/mol. The number of benzene rings is 2. The number of amides is 1. The van der Waals surface area contributed by atoms with Crippen molar-refractivity contribution < 1.29 is 9.18 Å². The number of hydrogen-bond acceptors (Lipinski definition) is 5. The summed E-state index contributed by atoms with van der Waals surface area (Å²) >= 11 is 0. The van der Waals surface area contributed by atoms with Crippen LogP contribution >= 0.6 is 0 Å². The third kappa shape index (κ3) is 5.15. The van der Waals surface area contributed by atoms with Gasteiger partial charge in [-0.3, -0.25) is 19.1 Å². The molecule has 4 rings (SSSR count). The van der Waals surface area contributed by atoms with Crippen molar-refractivity contribution >= 4 is 5.91 Å². The number of aromatic nitrogens is 4. The predicted octanol–water partition coefficient (Wildman–Crippen LogP) is 2.26. The van der Waals surface area contributed by atoms with E-state index in [0.717, 1.165) is 26.6 Å². The van der Waals surface area contributed by atoms with Crippen LogP contribution in [0, 0.1) is 12.7 Å². The maximum atomic E-state index is 13.8. The van der Waals surface area contributed by atoms with Crippen molar-refractivity contribution in [3.63, 3.8) is 0 Å². The van der Waals surface area contributed by atoms with Gasteiger partial charge in [0, 0.05) is 24.9 Å². The molecule has 0 aliphatic rings. The summed E-state index contributed by atoms with van der Waals surface area (Å²) in [4.78, 5) is 43.4. The zero-order valence-electron chi connectivity index (χ0n) is 18.4. The third-order valence-corrected chi connectivity index (χ3v) is 5.14. The van der Waals surface area contributed by atoms with Crippen molar-refractivity contribution in [1.29, 1.82) is 0 Å². The van der Waals surface area contributed by atoms with Crippen molar-refractivity contribution in [2.24, 2.45) is 0 Å². The normalized spacial score (nSPS) is 10.8. The molecule has 8 nitrogen and oxygen atoms in total. The van der Waals surface area contributed by atoms with Gasteiger partial charge in [-0.15, -0.1) is 0 Å². The van der Waals surface area contributed by atoms with Gasteiger partial charge >= 0.3 is 5.69 Å². The first-order chi connectivity index (χ1) is 16.4. The molecule has 0 bridgehead atoms. The first-order valence-corrected chi connectivity index (χ1v) is 10.7. The highest BCUT2D eigenvalue weighted by atomic mass is 19.1. The Labute approximate surface area is 194 Å². The second kappa shape index (κ2) is 10.0.